The van der Waals surface area contributed by atoms with Crippen LogP contribution in [0.5, 0.6) is 0 Å². The molecule has 5 heteroatoms. The summed E-state index contributed by atoms with van der Waals surface area (Å²) in [5.41, 5.74) is 9.05. The van der Waals surface area contributed by atoms with Crippen molar-refractivity contribution >= 4 is 28.7 Å². The molecule has 1 aliphatic heterocycles. The van der Waals surface area contributed by atoms with Crippen molar-refractivity contribution in [3.8, 4) is 6.07 Å². The largest absolute Gasteiger partial charge is 0.440 e. The predicted octanol–water partition coefficient (Wildman–Crippen LogP) is 5.38. The number of nitrogens with two attached hydrogens (primary N) is 1. The highest BCUT2D eigenvalue weighted by Gasteiger charge is 2.37. The topological polar surface area (TPSA) is 59.0 Å². The molecule has 1 aliphatic carbocycles. The monoisotopic (exact) mass is 366 g/mol. The van der Waals surface area contributed by atoms with Crippen LogP contribution in [-0.2, 0) is 4.74 Å². The van der Waals surface area contributed by atoms with Crippen molar-refractivity contribution in [1.82, 2.24) is 0 Å². The smallest absolute Gasteiger partial charge is 0.205 e. The van der Waals surface area contributed by atoms with Gasteiger partial charge in [-0.2, -0.15) is 5.26 Å². The Balaban J connectivity index is 1.87. The second-order valence-electron chi connectivity index (χ2n) is 6.49. The number of thiophene rings is 2. The first-order chi connectivity index (χ1) is 12.2. The number of ether oxygens (including phenoxy) is 1. The molecule has 0 spiro atoms. The third kappa shape index (κ3) is 2.92. The van der Waals surface area contributed by atoms with Crippen LogP contribution in [0.1, 0.15) is 35.4 Å². The van der Waals surface area contributed by atoms with Gasteiger partial charge in [0.2, 0.25) is 5.88 Å². The van der Waals surface area contributed by atoms with Crippen LogP contribution in [0.4, 0.5) is 0 Å². The summed E-state index contributed by atoms with van der Waals surface area (Å²) in [4.78, 5) is 2.36. The van der Waals surface area contributed by atoms with Crippen molar-refractivity contribution < 1.29 is 4.74 Å². The van der Waals surface area contributed by atoms with Gasteiger partial charge in [-0.25, -0.2) is 0 Å². The summed E-state index contributed by atoms with van der Waals surface area (Å²) >= 11 is 3.38. The van der Waals surface area contributed by atoms with Gasteiger partial charge in [-0.15, -0.1) is 22.7 Å². The van der Waals surface area contributed by atoms with Gasteiger partial charge in [-0.05, 0) is 58.9 Å². The third-order valence-electron chi connectivity index (χ3n) is 4.64. The lowest BCUT2D eigenvalue weighted by Crippen LogP contribution is -2.25. The third-order valence-corrected chi connectivity index (χ3v) is 6.40. The minimum atomic E-state index is -0.0803. The van der Waals surface area contributed by atoms with Crippen LogP contribution in [0.2, 0.25) is 0 Å². The van der Waals surface area contributed by atoms with Crippen LogP contribution in [0, 0.1) is 17.2 Å². The van der Waals surface area contributed by atoms with Crippen LogP contribution >= 0.6 is 22.7 Å². The molecule has 2 aromatic rings. The summed E-state index contributed by atoms with van der Waals surface area (Å²) in [6.07, 6.45) is 4.09. The Bertz CT molecular complexity index is 912. The second kappa shape index (κ2) is 6.55. The average Bonchev–Trinajstić information content (AvgIpc) is 3.28. The molecule has 0 unspecified atom stereocenters. The summed E-state index contributed by atoms with van der Waals surface area (Å²) in [5, 5.41) is 13.8. The quantitative estimate of drug-likeness (QED) is 0.776. The van der Waals surface area contributed by atoms with E-state index in [-0.39, 0.29) is 11.8 Å². The maximum Gasteiger partial charge on any atom is 0.205 e. The van der Waals surface area contributed by atoms with Crippen LogP contribution in [0.25, 0.3) is 6.08 Å². The van der Waals surface area contributed by atoms with Gasteiger partial charge in [-0.3, -0.25) is 0 Å². The number of hydrogen-bond donors (Lipinski definition) is 1. The second-order valence-corrected chi connectivity index (χ2v) is 8.45. The maximum atomic E-state index is 9.66. The molecule has 0 saturated carbocycles. The molecule has 4 rings (SSSR count). The van der Waals surface area contributed by atoms with Crippen molar-refractivity contribution in [3.05, 3.63) is 73.1 Å². The molecule has 0 radical (unpaired) electrons. The number of hydrogen-bond acceptors (Lipinski definition) is 5. The highest BCUT2D eigenvalue weighted by atomic mass is 32.1. The normalized spacial score (nSPS) is 24.9. The molecule has 3 heterocycles. The zero-order valence-electron chi connectivity index (χ0n) is 13.9. The first-order valence-electron chi connectivity index (χ1n) is 8.26. The average molecular weight is 367 g/mol. The molecule has 0 bridgehead atoms. The zero-order chi connectivity index (χ0) is 17.4. The van der Waals surface area contributed by atoms with E-state index in [1.54, 1.807) is 22.7 Å². The minimum Gasteiger partial charge on any atom is -0.440 e. The summed E-state index contributed by atoms with van der Waals surface area (Å²) in [6.45, 7) is 2.26. The number of nitriles is 1. The van der Waals surface area contributed by atoms with E-state index in [1.165, 1.54) is 16.0 Å². The number of nitrogens with zero attached hydrogens (tertiary/aromatic N) is 1. The lowest BCUT2D eigenvalue weighted by molar-refractivity contribution is 0.269. The molecule has 2 atom stereocenters. The Morgan fingerprint density at radius 3 is 2.72 bits per heavy atom. The van der Waals surface area contributed by atoms with Crippen molar-refractivity contribution in [1.29, 1.82) is 5.26 Å². The van der Waals surface area contributed by atoms with Crippen molar-refractivity contribution in [2.45, 2.75) is 25.7 Å². The fourth-order valence-electron chi connectivity index (χ4n) is 3.63. The van der Waals surface area contributed by atoms with E-state index in [0.29, 0.717) is 11.5 Å². The van der Waals surface area contributed by atoms with Gasteiger partial charge in [0.1, 0.15) is 17.4 Å². The molecule has 0 aromatic carbocycles. The molecule has 3 nitrogen and oxygen atoms in total. The SMILES string of the molecule is C[C@@H]1CC2=C(OC(N)=C(C#N)[C@@H]2c2cccs2)/C(=C/c2cccs2)C1. The standard InChI is InChI=1S/C20H18N2OS2/c1-12-8-13(10-14-4-2-6-24-14)19-15(9-12)18(17-5-3-7-25-17)16(11-21)20(22)23-19/h2-7,10,12,18H,8-9,22H2,1H3/b13-10+/t12-,18+/m0/s1. The van der Waals surface area contributed by atoms with Gasteiger partial charge in [0.05, 0.1) is 5.92 Å². The molecular formula is C20H18N2OS2. The van der Waals surface area contributed by atoms with E-state index in [2.05, 4.69) is 42.6 Å². The summed E-state index contributed by atoms with van der Waals surface area (Å²) in [6, 6.07) is 10.5. The molecule has 0 amide bonds. The van der Waals surface area contributed by atoms with Crippen LogP contribution < -0.4 is 5.73 Å². The Labute approximate surface area is 155 Å². The van der Waals surface area contributed by atoms with Gasteiger partial charge < -0.3 is 10.5 Å². The van der Waals surface area contributed by atoms with Gasteiger partial charge in [0, 0.05) is 9.75 Å². The maximum absolute atomic E-state index is 9.66. The van der Waals surface area contributed by atoms with Gasteiger partial charge >= 0.3 is 0 Å². The zero-order valence-corrected chi connectivity index (χ0v) is 15.5. The molecule has 2 aliphatic rings. The summed E-state index contributed by atoms with van der Waals surface area (Å²) in [5.74, 6) is 1.55. The Hall–Kier alpha value is -2.29. The van der Waals surface area contributed by atoms with Crippen molar-refractivity contribution in [2.75, 3.05) is 0 Å². The molecule has 126 valence electrons. The fraction of sp³-hybridized carbons (Fsp3) is 0.250. The summed E-state index contributed by atoms with van der Waals surface area (Å²) < 4.78 is 5.99. The summed E-state index contributed by atoms with van der Waals surface area (Å²) in [7, 11) is 0. The Kier molecular flexibility index (Phi) is 4.24. The number of rotatable bonds is 2. The molecular weight excluding hydrogens is 348 g/mol. The molecule has 0 saturated heterocycles. The van der Waals surface area contributed by atoms with E-state index < -0.39 is 0 Å². The molecule has 0 fully saturated rings. The first-order valence-corrected chi connectivity index (χ1v) is 10.0. The molecule has 2 N–H and O–H groups in total. The molecule has 25 heavy (non-hydrogen) atoms. The highest BCUT2D eigenvalue weighted by Crippen LogP contribution is 2.49. The van der Waals surface area contributed by atoms with E-state index in [1.807, 2.05) is 11.4 Å². The van der Waals surface area contributed by atoms with Crippen LogP contribution in [-0.4, -0.2) is 0 Å². The van der Waals surface area contributed by atoms with Crippen LogP contribution in [0.3, 0.4) is 0 Å². The first kappa shape index (κ1) is 16.2. The van der Waals surface area contributed by atoms with E-state index in [9.17, 15) is 5.26 Å². The Morgan fingerprint density at radius 2 is 2.04 bits per heavy atom. The minimum absolute atomic E-state index is 0.0803. The van der Waals surface area contributed by atoms with Gasteiger partial charge in [-0.1, -0.05) is 19.1 Å². The number of allylic oxidation sites excluding steroid dienone is 3. The fourth-order valence-corrected chi connectivity index (χ4v) is 5.18. The van der Waals surface area contributed by atoms with Crippen molar-refractivity contribution in [2.24, 2.45) is 11.7 Å². The predicted molar refractivity (Wildman–Crippen MR) is 103 cm³/mol. The lowest BCUT2D eigenvalue weighted by Gasteiger charge is -2.35. The van der Waals surface area contributed by atoms with Crippen molar-refractivity contribution in [3.63, 3.8) is 0 Å². The van der Waals surface area contributed by atoms with Gasteiger partial charge in [0.15, 0.2) is 0 Å². The lowest BCUT2D eigenvalue weighted by atomic mass is 9.76. The Morgan fingerprint density at radius 1 is 1.24 bits per heavy atom. The van der Waals surface area contributed by atoms with Crippen LogP contribution in [0.15, 0.2) is 63.4 Å². The van der Waals surface area contributed by atoms with E-state index >= 15 is 0 Å². The molecule has 2 aromatic heterocycles. The van der Waals surface area contributed by atoms with Gasteiger partial charge in [0.25, 0.3) is 0 Å². The van der Waals surface area contributed by atoms with E-state index in [0.717, 1.165) is 23.5 Å². The van der Waals surface area contributed by atoms with E-state index in [4.69, 9.17) is 10.5 Å². The highest BCUT2D eigenvalue weighted by molar-refractivity contribution is 7.10.